The molecule has 0 spiro atoms. The van der Waals surface area contributed by atoms with Gasteiger partial charge in [-0.3, -0.25) is 10.8 Å². The van der Waals surface area contributed by atoms with Crippen molar-refractivity contribution in [3.8, 4) is 0 Å². The molecule has 1 heterocycles. The summed E-state index contributed by atoms with van der Waals surface area (Å²) in [5.74, 6) is 0. The molecule has 4 N–H and O–H groups in total. The molecule has 56 valence electrons. The van der Waals surface area contributed by atoms with Gasteiger partial charge in [0.25, 0.3) is 0 Å². The highest BCUT2D eigenvalue weighted by atomic mass is 15.4. The van der Waals surface area contributed by atoms with E-state index in [2.05, 4.69) is 10.5 Å². The molecule has 0 amide bonds. The number of nitrogens with zero attached hydrogens (tertiary/aromatic N) is 1. The highest BCUT2D eigenvalue weighted by Crippen LogP contribution is 2.10. The molecule has 0 radical (unpaired) electrons. The van der Waals surface area contributed by atoms with E-state index in [9.17, 15) is 0 Å². The normalized spacial score (nSPS) is 31.9. The molecule has 1 aliphatic rings. The summed E-state index contributed by atoms with van der Waals surface area (Å²) in [4.78, 5) is 0. The third kappa shape index (κ3) is 0.806. The largest absolute Gasteiger partial charge is 0.303 e. The van der Waals surface area contributed by atoms with Crippen LogP contribution < -0.4 is 11.2 Å². The van der Waals surface area contributed by atoms with Crippen molar-refractivity contribution in [2.24, 2.45) is 10.8 Å². The molecule has 0 aromatic heterocycles. The van der Waals surface area contributed by atoms with E-state index in [1.807, 2.05) is 6.92 Å². The van der Waals surface area contributed by atoms with Crippen LogP contribution in [-0.4, -0.2) is 17.1 Å². The highest BCUT2D eigenvalue weighted by Gasteiger charge is 2.34. The summed E-state index contributed by atoms with van der Waals surface area (Å²) in [5, 5.41) is 11.3. The van der Waals surface area contributed by atoms with Gasteiger partial charge >= 0.3 is 0 Å². The molecular weight excluding hydrogens is 128 g/mol. The van der Waals surface area contributed by atoms with Crippen molar-refractivity contribution in [3.63, 3.8) is 0 Å². The van der Waals surface area contributed by atoms with Gasteiger partial charge in [0.2, 0.25) is 0 Å². The summed E-state index contributed by atoms with van der Waals surface area (Å²) in [5.41, 5.74) is 8.84. The lowest BCUT2D eigenvalue weighted by Gasteiger charge is -2.21. The lowest BCUT2D eigenvalue weighted by Crippen LogP contribution is -2.54. The zero-order valence-corrected chi connectivity index (χ0v) is 6.23. The molecule has 10 heavy (non-hydrogen) atoms. The topological polar surface area (TPSA) is 74.3 Å². The molecule has 1 rings (SSSR count). The molecular formula is C6H12N4. The van der Waals surface area contributed by atoms with Gasteiger partial charge < -0.3 is 5.73 Å². The first-order valence-electron chi connectivity index (χ1n) is 3.30. The third-order valence-corrected chi connectivity index (χ3v) is 1.79. The Kier molecular flexibility index (Phi) is 1.48. The van der Waals surface area contributed by atoms with Crippen LogP contribution in [0.2, 0.25) is 0 Å². The maximum Gasteiger partial charge on any atom is 0.146 e. The van der Waals surface area contributed by atoms with Crippen molar-refractivity contribution >= 4 is 11.4 Å². The molecule has 0 bridgehead atoms. The van der Waals surface area contributed by atoms with Crippen molar-refractivity contribution in [1.29, 1.82) is 5.41 Å². The second-order valence-corrected chi connectivity index (χ2v) is 2.51. The molecule has 0 saturated heterocycles. The number of nitrogens with two attached hydrogens (primary N) is 1. The van der Waals surface area contributed by atoms with Crippen LogP contribution >= 0.6 is 0 Å². The molecule has 0 fully saturated rings. The fraction of sp³-hybridized carbons (Fsp3) is 0.667. The van der Waals surface area contributed by atoms with Crippen LogP contribution in [0.25, 0.3) is 0 Å². The minimum atomic E-state index is -0.704. The Balaban J connectivity index is 2.82. The zero-order chi connectivity index (χ0) is 7.78. The van der Waals surface area contributed by atoms with Gasteiger partial charge in [-0.05, 0) is 13.3 Å². The van der Waals surface area contributed by atoms with Crippen LogP contribution in [0.15, 0.2) is 5.10 Å². The van der Waals surface area contributed by atoms with Crippen molar-refractivity contribution in [3.05, 3.63) is 0 Å². The number of rotatable bonds is 1. The predicted octanol–water partition coefficient (Wildman–Crippen LogP) is 0.0503. The van der Waals surface area contributed by atoms with Crippen LogP contribution in [0.3, 0.4) is 0 Å². The van der Waals surface area contributed by atoms with Gasteiger partial charge in [-0.1, -0.05) is 6.92 Å². The van der Waals surface area contributed by atoms with Gasteiger partial charge in [0, 0.05) is 0 Å². The molecule has 1 unspecified atom stereocenters. The molecule has 4 nitrogen and oxygen atoms in total. The summed E-state index contributed by atoms with van der Waals surface area (Å²) in [6.45, 7) is 3.70. The first-order valence-corrected chi connectivity index (χ1v) is 3.30. The van der Waals surface area contributed by atoms with Crippen LogP contribution in [0.5, 0.6) is 0 Å². The minimum absolute atomic E-state index is 0.398. The highest BCUT2D eigenvalue weighted by molar-refractivity contribution is 6.44. The van der Waals surface area contributed by atoms with E-state index < -0.39 is 5.66 Å². The van der Waals surface area contributed by atoms with E-state index in [0.29, 0.717) is 17.8 Å². The van der Waals surface area contributed by atoms with Gasteiger partial charge in [0.15, 0.2) is 0 Å². The molecule has 0 saturated carbocycles. The summed E-state index contributed by atoms with van der Waals surface area (Å²) < 4.78 is 0. The Morgan fingerprint density at radius 3 is 2.60 bits per heavy atom. The molecule has 1 atom stereocenters. The summed E-state index contributed by atoms with van der Waals surface area (Å²) >= 11 is 0. The van der Waals surface area contributed by atoms with E-state index in [0.717, 1.165) is 0 Å². The summed E-state index contributed by atoms with van der Waals surface area (Å²) in [6, 6.07) is 0. The standard InChI is InChI=1S/C6H12N4/c1-3-6(8)5(7)4(2)9-10-6/h7,10H,3,8H2,1-2H3. The maximum absolute atomic E-state index is 7.49. The van der Waals surface area contributed by atoms with Gasteiger partial charge in [-0.15, -0.1) is 0 Å². The maximum atomic E-state index is 7.49. The first-order chi connectivity index (χ1) is 4.60. The summed E-state index contributed by atoms with van der Waals surface area (Å²) in [6.07, 6.45) is 0.687. The molecule has 4 heteroatoms. The van der Waals surface area contributed by atoms with E-state index in [1.54, 1.807) is 6.92 Å². The van der Waals surface area contributed by atoms with Crippen molar-refractivity contribution in [2.75, 3.05) is 0 Å². The van der Waals surface area contributed by atoms with Crippen molar-refractivity contribution in [1.82, 2.24) is 5.43 Å². The molecule has 1 aliphatic heterocycles. The predicted molar refractivity (Wildman–Crippen MR) is 41.2 cm³/mol. The Labute approximate surface area is 60.0 Å². The van der Waals surface area contributed by atoms with Gasteiger partial charge in [0.1, 0.15) is 5.66 Å². The van der Waals surface area contributed by atoms with E-state index >= 15 is 0 Å². The fourth-order valence-electron chi connectivity index (χ4n) is 0.874. The zero-order valence-electron chi connectivity index (χ0n) is 6.23. The Bertz CT molecular complexity index is 196. The smallest absolute Gasteiger partial charge is 0.146 e. The third-order valence-electron chi connectivity index (χ3n) is 1.79. The van der Waals surface area contributed by atoms with Crippen LogP contribution in [0.4, 0.5) is 0 Å². The summed E-state index contributed by atoms with van der Waals surface area (Å²) in [7, 11) is 0. The minimum Gasteiger partial charge on any atom is -0.303 e. The van der Waals surface area contributed by atoms with Crippen molar-refractivity contribution < 1.29 is 0 Å². The Hall–Kier alpha value is -0.900. The number of hydrogen-bond donors (Lipinski definition) is 3. The van der Waals surface area contributed by atoms with Crippen LogP contribution in [-0.2, 0) is 0 Å². The number of hydrazone groups is 1. The lowest BCUT2D eigenvalue weighted by atomic mass is 10.0. The number of nitrogens with one attached hydrogen (secondary N) is 2. The van der Waals surface area contributed by atoms with E-state index in [-0.39, 0.29) is 0 Å². The molecule has 0 aliphatic carbocycles. The molecule has 0 aromatic carbocycles. The SMILES string of the molecule is CCC1(N)NN=C(C)C1=N. The average Bonchev–Trinajstić information content (AvgIpc) is 2.19. The first kappa shape index (κ1) is 7.21. The van der Waals surface area contributed by atoms with Crippen LogP contribution in [0, 0.1) is 5.41 Å². The quantitative estimate of drug-likeness (QED) is 0.481. The Morgan fingerprint density at radius 2 is 2.40 bits per heavy atom. The number of hydrogen-bond acceptors (Lipinski definition) is 4. The second kappa shape index (κ2) is 2.05. The second-order valence-electron chi connectivity index (χ2n) is 2.51. The van der Waals surface area contributed by atoms with Crippen LogP contribution in [0.1, 0.15) is 20.3 Å². The van der Waals surface area contributed by atoms with Gasteiger partial charge in [0.05, 0.1) is 11.4 Å². The monoisotopic (exact) mass is 140 g/mol. The fourth-order valence-corrected chi connectivity index (χ4v) is 0.874. The van der Waals surface area contributed by atoms with Gasteiger partial charge in [-0.25, -0.2) is 0 Å². The molecule has 0 aromatic rings. The van der Waals surface area contributed by atoms with Crippen molar-refractivity contribution in [2.45, 2.75) is 25.9 Å². The van der Waals surface area contributed by atoms with E-state index in [4.69, 9.17) is 11.1 Å². The van der Waals surface area contributed by atoms with E-state index in [1.165, 1.54) is 0 Å². The Morgan fingerprint density at radius 1 is 1.80 bits per heavy atom. The lowest BCUT2D eigenvalue weighted by molar-refractivity contribution is 0.462. The van der Waals surface area contributed by atoms with Gasteiger partial charge in [-0.2, -0.15) is 5.10 Å². The average molecular weight is 140 g/mol.